The second kappa shape index (κ2) is 6.80. The molecule has 1 saturated carbocycles. The van der Waals surface area contributed by atoms with Gasteiger partial charge in [-0.15, -0.1) is 12.4 Å². The van der Waals surface area contributed by atoms with Crippen LogP contribution < -0.4 is 10.5 Å². The van der Waals surface area contributed by atoms with Gasteiger partial charge in [-0.2, -0.15) is 0 Å². The van der Waals surface area contributed by atoms with Crippen molar-refractivity contribution < 1.29 is 17.2 Å². The van der Waals surface area contributed by atoms with Gasteiger partial charge in [0.1, 0.15) is 16.5 Å². The average Bonchev–Trinajstić information content (AvgIpc) is 2.74. The zero-order chi connectivity index (χ0) is 14.0. The summed E-state index contributed by atoms with van der Waals surface area (Å²) >= 11 is 0. The highest BCUT2D eigenvalue weighted by atomic mass is 35.5. The van der Waals surface area contributed by atoms with E-state index in [2.05, 4.69) is 4.72 Å². The lowest BCUT2D eigenvalue weighted by atomic mass is 10.1. The summed E-state index contributed by atoms with van der Waals surface area (Å²) in [4.78, 5) is -0.531. The van der Waals surface area contributed by atoms with Crippen LogP contribution in [0.4, 0.5) is 8.78 Å². The van der Waals surface area contributed by atoms with Crippen LogP contribution in [0, 0.1) is 17.6 Å². The van der Waals surface area contributed by atoms with Crippen molar-refractivity contribution in [2.45, 2.75) is 30.2 Å². The van der Waals surface area contributed by atoms with Crippen molar-refractivity contribution in [2.24, 2.45) is 11.7 Å². The Morgan fingerprint density at radius 3 is 2.60 bits per heavy atom. The van der Waals surface area contributed by atoms with Crippen molar-refractivity contribution in [3.05, 3.63) is 29.8 Å². The molecular weight excluding hydrogens is 310 g/mol. The minimum absolute atomic E-state index is 0. The molecule has 1 aliphatic carbocycles. The maximum Gasteiger partial charge on any atom is 0.243 e. The first-order valence-electron chi connectivity index (χ1n) is 6.11. The standard InChI is InChI=1S/C12H16F2N2O2S.ClH/c13-9-4-5-12(10(14)6-9)19(17,18)16-11-3-1-2-8(11)7-15;/h4-6,8,11,16H,1-3,7,15H2;1H. The Balaban J connectivity index is 0.00000200. The van der Waals surface area contributed by atoms with E-state index in [1.165, 1.54) is 0 Å². The number of benzene rings is 1. The topological polar surface area (TPSA) is 72.2 Å². The van der Waals surface area contributed by atoms with Crippen LogP contribution in [-0.4, -0.2) is 21.0 Å². The summed E-state index contributed by atoms with van der Waals surface area (Å²) in [6.07, 6.45) is 2.43. The van der Waals surface area contributed by atoms with E-state index >= 15 is 0 Å². The maximum atomic E-state index is 13.5. The van der Waals surface area contributed by atoms with Crippen LogP contribution in [0.5, 0.6) is 0 Å². The lowest BCUT2D eigenvalue weighted by Gasteiger charge is -2.19. The number of hydrogen-bond acceptors (Lipinski definition) is 3. The molecule has 0 aromatic heterocycles. The predicted molar refractivity (Wildman–Crippen MR) is 74.1 cm³/mol. The molecule has 0 saturated heterocycles. The first-order valence-corrected chi connectivity index (χ1v) is 7.60. The van der Waals surface area contributed by atoms with Gasteiger partial charge in [0.25, 0.3) is 0 Å². The Hall–Kier alpha value is -0.760. The molecule has 0 radical (unpaired) electrons. The number of halogens is 3. The minimum atomic E-state index is -3.98. The highest BCUT2D eigenvalue weighted by Gasteiger charge is 2.31. The monoisotopic (exact) mass is 326 g/mol. The molecule has 3 N–H and O–H groups in total. The van der Waals surface area contributed by atoms with E-state index in [1.54, 1.807) is 0 Å². The molecule has 114 valence electrons. The van der Waals surface area contributed by atoms with E-state index in [0.29, 0.717) is 19.0 Å². The SMILES string of the molecule is Cl.NCC1CCCC1NS(=O)(=O)c1ccc(F)cc1F. The van der Waals surface area contributed by atoms with Gasteiger partial charge in [0.05, 0.1) is 0 Å². The third-order valence-electron chi connectivity index (χ3n) is 3.45. The van der Waals surface area contributed by atoms with E-state index in [1.807, 2.05) is 0 Å². The first-order chi connectivity index (χ1) is 8.94. The third kappa shape index (κ3) is 3.66. The summed E-state index contributed by atoms with van der Waals surface area (Å²) < 4.78 is 52.9. The molecule has 2 atom stereocenters. The first kappa shape index (κ1) is 17.3. The number of sulfonamides is 1. The second-order valence-electron chi connectivity index (χ2n) is 4.73. The van der Waals surface area contributed by atoms with Gasteiger partial charge < -0.3 is 5.73 Å². The van der Waals surface area contributed by atoms with E-state index in [-0.39, 0.29) is 24.4 Å². The van der Waals surface area contributed by atoms with Gasteiger partial charge in [-0.05, 0) is 37.4 Å². The van der Waals surface area contributed by atoms with Crippen molar-refractivity contribution in [3.63, 3.8) is 0 Å². The normalized spacial score (nSPS) is 22.6. The van der Waals surface area contributed by atoms with Crippen molar-refractivity contribution in [1.29, 1.82) is 0 Å². The van der Waals surface area contributed by atoms with Gasteiger partial charge >= 0.3 is 0 Å². The summed E-state index contributed by atoms with van der Waals surface area (Å²) in [6.45, 7) is 0.388. The Bertz CT molecular complexity index is 569. The quantitative estimate of drug-likeness (QED) is 0.886. The van der Waals surface area contributed by atoms with Crippen LogP contribution in [0.25, 0.3) is 0 Å². The minimum Gasteiger partial charge on any atom is -0.330 e. The highest BCUT2D eigenvalue weighted by Crippen LogP contribution is 2.26. The maximum absolute atomic E-state index is 13.5. The van der Waals surface area contributed by atoms with Crippen molar-refractivity contribution in [1.82, 2.24) is 4.72 Å². The lowest BCUT2D eigenvalue weighted by molar-refractivity contribution is 0.450. The molecule has 0 amide bonds. The molecule has 1 aliphatic rings. The zero-order valence-electron chi connectivity index (χ0n) is 10.7. The van der Waals surface area contributed by atoms with E-state index in [9.17, 15) is 17.2 Å². The Labute approximate surface area is 123 Å². The molecule has 4 nitrogen and oxygen atoms in total. The molecule has 0 spiro atoms. The van der Waals surface area contributed by atoms with Crippen LogP contribution in [0.2, 0.25) is 0 Å². The average molecular weight is 327 g/mol. The summed E-state index contributed by atoms with van der Waals surface area (Å²) in [6, 6.07) is 2.13. The predicted octanol–water partition coefficient (Wildman–Crippen LogP) is 1.79. The van der Waals surface area contributed by atoms with Crippen LogP contribution in [0.1, 0.15) is 19.3 Å². The number of rotatable bonds is 4. The molecule has 0 heterocycles. The molecule has 1 fully saturated rings. The van der Waals surface area contributed by atoms with Gasteiger partial charge in [-0.3, -0.25) is 0 Å². The van der Waals surface area contributed by atoms with E-state index in [0.717, 1.165) is 25.0 Å². The molecule has 2 rings (SSSR count). The molecule has 20 heavy (non-hydrogen) atoms. The molecular formula is C12H17ClF2N2O2S. The molecule has 2 unspecified atom stereocenters. The van der Waals surface area contributed by atoms with Gasteiger partial charge in [0, 0.05) is 12.1 Å². The van der Waals surface area contributed by atoms with Crippen molar-refractivity contribution in [2.75, 3.05) is 6.54 Å². The van der Waals surface area contributed by atoms with Gasteiger partial charge in [0.2, 0.25) is 10.0 Å². The number of hydrogen-bond donors (Lipinski definition) is 2. The van der Waals surface area contributed by atoms with E-state index < -0.39 is 26.6 Å². The van der Waals surface area contributed by atoms with Crippen LogP contribution in [0.15, 0.2) is 23.1 Å². The Morgan fingerprint density at radius 1 is 1.30 bits per heavy atom. The fourth-order valence-electron chi connectivity index (χ4n) is 2.43. The Morgan fingerprint density at radius 2 is 2.00 bits per heavy atom. The second-order valence-corrected chi connectivity index (χ2v) is 6.41. The zero-order valence-corrected chi connectivity index (χ0v) is 12.3. The third-order valence-corrected chi connectivity index (χ3v) is 4.97. The van der Waals surface area contributed by atoms with Gasteiger partial charge in [-0.1, -0.05) is 6.42 Å². The fourth-order valence-corrected chi connectivity index (χ4v) is 3.83. The summed E-state index contributed by atoms with van der Waals surface area (Å²) in [5.74, 6) is -1.83. The Kier molecular flexibility index (Phi) is 5.88. The highest BCUT2D eigenvalue weighted by molar-refractivity contribution is 7.89. The fraction of sp³-hybridized carbons (Fsp3) is 0.500. The van der Waals surface area contributed by atoms with Gasteiger partial charge in [-0.25, -0.2) is 21.9 Å². The number of nitrogens with one attached hydrogen (secondary N) is 1. The summed E-state index contributed by atoms with van der Waals surface area (Å²) in [7, 11) is -3.98. The number of nitrogens with two attached hydrogens (primary N) is 1. The van der Waals surface area contributed by atoms with Crippen molar-refractivity contribution >= 4 is 22.4 Å². The van der Waals surface area contributed by atoms with Crippen LogP contribution >= 0.6 is 12.4 Å². The molecule has 1 aromatic carbocycles. The molecule has 1 aromatic rings. The molecule has 8 heteroatoms. The largest absolute Gasteiger partial charge is 0.330 e. The lowest BCUT2D eigenvalue weighted by Crippen LogP contribution is -2.40. The van der Waals surface area contributed by atoms with Gasteiger partial charge in [0.15, 0.2) is 0 Å². The summed E-state index contributed by atoms with van der Waals surface area (Å²) in [5.41, 5.74) is 5.57. The summed E-state index contributed by atoms with van der Waals surface area (Å²) in [5, 5.41) is 0. The van der Waals surface area contributed by atoms with Crippen LogP contribution in [0.3, 0.4) is 0 Å². The van der Waals surface area contributed by atoms with Crippen molar-refractivity contribution in [3.8, 4) is 0 Å². The van der Waals surface area contributed by atoms with E-state index in [4.69, 9.17) is 5.73 Å². The van der Waals surface area contributed by atoms with Crippen LogP contribution in [-0.2, 0) is 10.0 Å². The smallest absolute Gasteiger partial charge is 0.243 e. The molecule has 0 aliphatic heterocycles. The molecule has 0 bridgehead atoms.